The van der Waals surface area contributed by atoms with Crippen LogP contribution in [0.15, 0.2) is 24.3 Å². The molecule has 1 aromatic rings. The molecule has 1 aliphatic rings. The van der Waals surface area contributed by atoms with Crippen LogP contribution in [0.4, 0.5) is 4.39 Å². The van der Waals surface area contributed by atoms with Crippen molar-refractivity contribution in [2.75, 3.05) is 13.2 Å². The number of halogens is 1. The van der Waals surface area contributed by atoms with Gasteiger partial charge in [0.15, 0.2) is 11.6 Å². The van der Waals surface area contributed by atoms with Crippen molar-refractivity contribution in [2.45, 2.75) is 50.7 Å². The highest BCUT2D eigenvalue weighted by Crippen LogP contribution is 2.31. The number of benzene rings is 1. The summed E-state index contributed by atoms with van der Waals surface area (Å²) in [4.78, 5) is 0. The van der Waals surface area contributed by atoms with Gasteiger partial charge in [-0.1, -0.05) is 19.1 Å². The first kappa shape index (κ1) is 15.3. The molecule has 0 aromatic heterocycles. The van der Waals surface area contributed by atoms with Gasteiger partial charge >= 0.3 is 0 Å². The molecule has 0 bridgehead atoms. The van der Waals surface area contributed by atoms with Gasteiger partial charge in [-0.3, -0.25) is 0 Å². The van der Waals surface area contributed by atoms with Gasteiger partial charge in [0.1, 0.15) is 6.10 Å². The van der Waals surface area contributed by atoms with Gasteiger partial charge in [0.05, 0.1) is 6.61 Å². The van der Waals surface area contributed by atoms with E-state index in [2.05, 4.69) is 12.2 Å². The third-order valence-electron chi connectivity index (χ3n) is 3.98. The SMILES string of the molecule is CCCNC1(CO)CCCC(Oc2ccccc2F)C1. The maximum absolute atomic E-state index is 13.6. The zero-order valence-corrected chi connectivity index (χ0v) is 12.1. The number of aliphatic hydroxyl groups is 1. The number of nitrogens with one attached hydrogen (secondary N) is 1. The van der Waals surface area contributed by atoms with Crippen LogP contribution in [0.2, 0.25) is 0 Å². The molecule has 0 radical (unpaired) electrons. The van der Waals surface area contributed by atoms with Crippen molar-refractivity contribution in [1.82, 2.24) is 5.32 Å². The number of para-hydroxylation sites is 1. The number of rotatable bonds is 6. The van der Waals surface area contributed by atoms with Gasteiger partial charge in [-0.25, -0.2) is 4.39 Å². The molecular formula is C16H24FNO2. The number of aliphatic hydroxyl groups excluding tert-OH is 1. The molecule has 0 heterocycles. The van der Waals surface area contributed by atoms with Crippen LogP contribution in [0.5, 0.6) is 5.75 Å². The van der Waals surface area contributed by atoms with E-state index in [1.165, 1.54) is 6.07 Å². The Morgan fingerprint density at radius 1 is 1.45 bits per heavy atom. The van der Waals surface area contributed by atoms with E-state index in [1.54, 1.807) is 18.2 Å². The predicted molar refractivity (Wildman–Crippen MR) is 77.4 cm³/mol. The third kappa shape index (κ3) is 3.70. The molecule has 3 nitrogen and oxygen atoms in total. The molecule has 2 rings (SSSR count). The van der Waals surface area contributed by atoms with Gasteiger partial charge < -0.3 is 15.2 Å². The first-order valence-electron chi connectivity index (χ1n) is 7.46. The zero-order chi connectivity index (χ0) is 14.4. The maximum Gasteiger partial charge on any atom is 0.165 e. The van der Waals surface area contributed by atoms with Gasteiger partial charge in [0.25, 0.3) is 0 Å². The smallest absolute Gasteiger partial charge is 0.165 e. The fourth-order valence-electron chi connectivity index (χ4n) is 2.88. The molecule has 2 unspecified atom stereocenters. The molecule has 2 atom stereocenters. The normalized spacial score (nSPS) is 26.4. The van der Waals surface area contributed by atoms with Crippen molar-refractivity contribution in [2.24, 2.45) is 0 Å². The highest BCUT2D eigenvalue weighted by atomic mass is 19.1. The second-order valence-corrected chi connectivity index (χ2v) is 5.63. The lowest BCUT2D eigenvalue weighted by atomic mass is 9.80. The van der Waals surface area contributed by atoms with Crippen molar-refractivity contribution in [3.8, 4) is 5.75 Å². The maximum atomic E-state index is 13.6. The van der Waals surface area contributed by atoms with E-state index in [1.807, 2.05) is 0 Å². The summed E-state index contributed by atoms with van der Waals surface area (Å²) in [5.74, 6) is -0.0177. The van der Waals surface area contributed by atoms with E-state index >= 15 is 0 Å². The summed E-state index contributed by atoms with van der Waals surface area (Å²) in [6.45, 7) is 3.09. The first-order valence-corrected chi connectivity index (χ1v) is 7.46. The zero-order valence-electron chi connectivity index (χ0n) is 12.1. The lowest BCUT2D eigenvalue weighted by molar-refractivity contribution is 0.0492. The van der Waals surface area contributed by atoms with Crippen LogP contribution in [0.3, 0.4) is 0 Å². The summed E-state index contributed by atoms with van der Waals surface area (Å²) < 4.78 is 19.4. The summed E-state index contributed by atoms with van der Waals surface area (Å²) in [5.41, 5.74) is -0.274. The largest absolute Gasteiger partial charge is 0.487 e. The van der Waals surface area contributed by atoms with Crippen molar-refractivity contribution in [3.05, 3.63) is 30.1 Å². The Bertz CT molecular complexity index is 427. The van der Waals surface area contributed by atoms with Gasteiger partial charge in [0, 0.05) is 12.0 Å². The van der Waals surface area contributed by atoms with E-state index in [4.69, 9.17) is 4.74 Å². The molecule has 1 aromatic carbocycles. The van der Waals surface area contributed by atoms with E-state index in [9.17, 15) is 9.50 Å². The highest BCUT2D eigenvalue weighted by molar-refractivity contribution is 5.24. The molecule has 0 spiro atoms. The second-order valence-electron chi connectivity index (χ2n) is 5.63. The lowest BCUT2D eigenvalue weighted by Crippen LogP contribution is -2.53. The molecule has 2 N–H and O–H groups in total. The molecule has 0 saturated heterocycles. The lowest BCUT2D eigenvalue weighted by Gasteiger charge is -2.40. The van der Waals surface area contributed by atoms with Gasteiger partial charge in [-0.05, 0) is 44.4 Å². The summed E-state index contributed by atoms with van der Waals surface area (Å²) >= 11 is 0. The van der Waals surface area contributed by atoms with Crippen LogP contribution in [-0.4, -0.2) is 29.9 Å². The van der Waals surface area contributed by atoms with E-state index in [0.29, 0.717) is 5.75 Å². The summed E-state index contributed by atoms with van der Waals surface area (Å²) in [6, 6.07) is 6.50. The average Bonchev–Trinajstić information content (AvgIpc) is 2.48. The number of hydrogen-bond acceptors (Lipinski definition) is 3. The van der Waals surface area contributed by atoms with Gasteiger partial charge in [0.2, 0.25) is 0 Å². The fourth-order valence-corrected chi connectivity index (χ4v) is 2.88. The van der Waals surface area contributed by atoms with Gasteiger partial charge in [-0.15, -0.1) is 0 Å². The average molecular weight is 281 g/mol. The Morgan fingerprint density at radius 2 is 2.25 bits per heavy atom. The van der Waals surface area contributed by atoms with Crippen LogP contribution < -0.4 is 10.1 Å². The second kappa shape index (κ2) is 7.04. The molecule has 20 heavy (non-hydrogen) atoms. The number of ether oxygens (including phenoxy) is 1. The van der Waals surface area contributed by atoms with E-state index in [-0.39, 0.29) is 24.1 Å². The Morgan fingerprint density at radius 3 is 2.95 bits per heavy atom. The van der Waals surface area contributed by atoms with Crippen molar-refractivity contribution >= 4 is 0 Å². The van der Waals surface area contributed by atoms with Crippen LogP contribution in [-0.2, 0) is 0 Å². The van der Waals surface area contributed by atoms with Crippen molar-refractivity contribution in [1.29, 1.82) is 0 Å². The predicted octanol–water partition coefficient (Wildman–Crippen LogP) is 2.88. The van der Waals surface area contributed by atoms with E-state index in [0.717, 1.165) is 38.6 Å². The van der Waals surface area contributed by atoms with Crippen molar-refractivity contribution < 1.29 is 14.2 Å². The Balaban J connectivity index is 2.01. The minimum absolute atomic E-state index is 0.0443. The molecule has 0 aliphatic heterocycles. The molecule has 1 fully saturated rings. The van der Waals surface area contributed by atoms with E-state index < -0.39 is 0 Å². The molecule has 1 aliphatic carbocycles. The Labute approximate surface area is 120 Å². The minimum atomic E-state index is -0.325. The monoisotopic (exact) mass is 281 g/mol. The fraction of sp³-hybridized carbons (Fsp3) is 0.625. The summed E-state index contributed by atoms with van der Waals surface area (Å²) in [5, 5.41) is 13.2. The first-order chi connectivity index (χ1) is 9.69. The molecule has 0 amide bonds. The topological polar surface area (TPSA) is 41.5 Å². The van der Waals surface area contributed by atoms with Crippen LogP contribution in [0.1, 0.15) is 39.0 Å². The number of hydrogen-bond donors (Lipinski definition) is 2. The summed E-state index contributed by atoms with van der Waals surface area (Å²) in [7, 11) is 0. The van der Waals surface area contributed by atoms with Gasteiger partial charge in [-0.2, -0.15) is 0 Å². The Kier molecular flexibility index (Phi) is 5.38. The molecule has 112 valence electrons. The minimum Gasteiger partial charge on any atom is -0.487 e. The third-order valence-corrected chi connectivity index (χ3v) is 3.98. The van der Waals surface area contributed by atoms with Crippen LogP contribution in [0.25, 0.3) is 0 Å². The molecular weight excluding hydrogens is 257 g/mol. The highest BCUT2D eigenvalue weighted by Gasteiger charge is 2.36. The van der Waals surface area contributed by atoms with Crippen molar-refractivity contribution in [3.63, 3.8) is 0 Å². The molecule has 1 saturated carbocycles. The summed E-state index contributed by atoms with van der Waals surface area (Å²) in [6.07, 6.45) is 4.54. The quantitative estimate of drug-likeness (QED) is 0.842. The molecule has 4 heteroatoms. The Hall–Kier alpha value is -1.13. The van der Waals surface area contributed by atoms with Crippen LogP contribution >= 0.6 is 0 Å². The standard InChI is InChI=1S/C16H24FNO2/c1-2-10-18-16(12-19)9-5-6-13(11-16)20-15-8-4-3-7-14(15)17/h3-4,7-8,13,18-19H,2,5-6,9-12H2,1H3. The van der Waals surface area contributed by atoms with Crippen LogP contribution in [0, 0.1) is 5.82 Å².